The lowest BCUT2D eigenvalue weighted by Gasteiger charge is -2.39. The van der Waals surface area contributed by atoms with E-state index in [9.17, 15) is 0 Å². The van der Waals surface area contributed by atoms with Crippen molar-refractivity contribution < 1.29 is 0 Å². The second-order valence-electron chi connectivity index (χ2n) is 8.64. The zero-order chi connectivity index (χ0) is 18.9. The SMILES string of the molecule is C.CC.CCC(C)C(C)C(C)C(C)C(C)C(C)C(C)C(C)C(C)C. The Bertz CT molecular complexity index is 267. The van der Waals surface area contributed by atoms with Crippen LogP contribution in [0.15, 0.2) is 0 Å². The summed E-state index contributed by atoms with van der Waals surface area (Å²) in [7, 11) is 0. The highest BCUT2D eigenvalue weighted by atomic mass is 14.4. The van der Waals surface area contributed by atoms with E-state index in [4.69, 9.17) is 0 Å². The predicted octanol–water partition coefficient (Wildman–Crippen LogP) is 8.80. The lowest BCUT2D eigenvalue weighted by molar-refractivity contribution is 0.0925. The smallest absolute Gasteiger partial charge is 0.0386 e. The molecule has 150 valence electrons. The van der Waals surface area contributed by atoms with Gasteiger partial charge in [-0.05, 0) is 53.3 Å². The second-order valence-corrected chi connectivity index (χ2v) is 8.64. The van der Waals surface area contributed by atoms with Crippen LogP contribution >= 0.6 is 0 Å². The Morgan fingerprint density at radius 3 is 0.958 bits per heavy atom. The summed E-state index contributed by atoms with van der Waals surface area (Å²) in [5.74, 6) is 7.35. The van der Waals surface area contributed by atoms with Crippen molar-refractivity contribution in [3.8, 4) is 0 Å². The minimum Gasteiger partial charge on any atom is -0.0776 e. The molecule has 0 aliphatic carbocycles. The van der Waals surface area contributed by atoms with Gasteiger partial charge < -0.3 is 0 Å². The first-order valence-electron chi connectivity index (χ1n) is 10.6. The molecule has 0 aromatic rings. The van der Waals surface area contributed by atoms with Crippen molar-refractivity contribution in [1.82, 2.24) is 0 Å². The van der Waals surface area contributed by atoms with Crippen molar-refractivity contribution in [3.63, 3.8) is 0 Å². The van der Waals surface area contributed by atoms with Crippen LogP contribution in [0.5, 0.6) is 0 Å². The molecule has 0 fully saturated rings. The van der Waals surface area contributed by atoms with Crippen molar-refractivity contribution in [2.45, 2.75) is 104 Å². The fourth-order valence-electron chi connectivity index (χ4n) is 3.89. The van der Waals surface area contributed by atoms with Crippen molar-refractivity contribution in [2.24, 2.45) is 53.3 Å². The molecule has 0 nitrogen and oxygen atoms in total. The average molecular weight is 343 g/mol. The molecule has 0 aliphatic heterocycles. The summed E-state index contributed by atoms with van der Waals surface area (Å²) < 4.78 is 0. The Balaban J connectivity index is -0.00000141. The van der Waals surface area contributed by atoms with E-state index in [1.165, 1.54) is 6.42 Å². The zero-order valence-corrected chi connectivity index (χ0v) is 18.9. The van der Waals surface area contributed by atoms with Crippen LogP contribution in [0.1, 0.15) is 104 Å². The van der Waals surface area contributed by atoms with Crippen LogP contribution in [0, 0.1) is 53.3 Å². The molecule has 0 saturated heterocycles. The van der Waals surface area contributed by atoms with Crippen LogP contribution in [0.4, 0.5) is 0 Å². The van der Waals surface area contributed by atoms with E-state index >= 15 is 0 Å². The highest BCUT2D eigenvalue weighted by Gasteiger charge is 2.32. The van der Waals surface area contributed by atoms with Crippen LogP contribution < -0.4 is 0 Å². The molecule has 0 aliphatic rings. The minimum atomic E-state index is 0. The lowest BCUT2D eigenvalue weighted by Crippen LogP contribution is -2.33. The Hall–Kier alpha value is 0. The Morgan fingerprint density at radius 2 is 0.708 bits per heavy atom. The molecule has 0 saturated carbocycles. The Morgan fingerprint density at radius 1 is 0.458 bits per heavy atom. The van der Waals surface area contributed by atoms with Gasteiger partial charge in [0.15, 0.2) is 0 Å². The molecular formula is C24H54. The summed E-state index contributed by atoms with van der Waals surface area (Å²) in [6.45, 7) is 30.8. The maximum atomic E-state index is 2.50. The van der Waals surface area contributed by atoms with Gasteiger partial charge in [0.1, 0.15) is 0 Å². The van der Waals surface area contributed by atoms with Gasteiger partial charge in [-0.2, -0.15) is 0 Å². The van der Waals surface area contributed by atoms with Crippen molar-refractivity contribution in [3.05, 3.63) is 0 Å². The topological polar surface area (TPSA) is 0 Å². The molecule has 0 aromatic carbocycles. The number of rotatable bonds is 9. The molecule has 24 heavy (non-hydrogen) atoms. The zero-order valence-electron chi connectivity index (χ0n) is 18.9. The lowest BCUT2D eigenvalue weighted by atomic mass is 9.66. The summed E-state index contributed by atoms with van der Waals surface area (Å²) in [5, 5.41) is 0. The summed E-state index contributed by atoms with van der Waals surface area (Å²) in [5.41, 5.74) is 0. The Kier molecular flexibility index (Phi) is 17.0. The summed E-state index contributed by atoms with van der Waals surface area (Å²) in [6.07, 6.45) is 1.31. The summed E-state index contributed by atoms with van der Waals surface area (Å²) in [4.78, 5) is 0. The molecule has 0 N–H and O–H groups in total. The van der Waals surface area contributed by atoms with Crippen molar-refractivity contribution in [2.75, 3.05) is 0 Å². The van der Waals surface area contributed by atoms with Gasteiger partial charge in [0, 0.05) is 0 Å². The fraction of sp³-hybridized carbons (Fsp3) is 1.00. The maximum absolute atomic E-state index is 2.50. The molecule has 0 spiro atoms. The van der Waals surface area contributed by atoms with Gasteiger partial charge in [-0.3, -0.25) is 0 Å². The van der Waals surface area contributed by atoms with E-state index in [2.05, 4.69) is 76.2 Å². The molecule has 0 bridgehead atoms. The van der Waals surface area contributed by atoms with Gasteiger partial charge in [0.2, 0.25) is 0 Å². The third-order valence-electron chi connectivity index (χ3n) is 7.57. The van der Waals surface area contributed by atoms with Crippen molar-refractivity contribution >= 4 is 0 Å². The van der Waals surface area contributed by atoms with E-state index in [1.54, 1.807) is 0 Å². The van der Waals surface area contributed by atoms with Crippen LogP contribution in [0.3, 0.4) is 0 Å². The van der Waals surface area contributed by atoms with E-state index in [0.717, 1.165) is 53.3 Å². The van der Waals surface area contributed by atoms with Crippen LogP contribution in [-0.2, 0) is 0 Å². The van der Waals surface area contributed by atoms with Gasteiger partial charge in [0.05, 0.1) is 0 Å². The predicted molar refractivity (Wildman–Crippen MR) is 117 cm³/mol. The third-order valence-corrected chi connectivity index (χ3v) is 7.57. The molecule has 8 unspecified atom stereocenters. The average Bonchev–Trinajstić information content (AvgIpc) is 2.57. The first-order chi connectivity index (χ1) is 10.6. The molecule has 0 heteroatoms. The minimum absolute atomic E-state index is 0. The molecular weight excluding hydrogens is 288 g/mol. The van der Waals surface area contributed by atoms with Crippen LogP contribution in [0.2, 0.25) is 0 Å². The van der Waals surface area contributed by atoms with Crippen molar-refractivity contribution in [1.29, 1.82) is 0 Å². The maximum Gasteiger partial charge on any atom is -0.0386 e. The molecule has 0 radical (unpaired) electrons. The van der Waals surface area contributed by atoms with Gasteiger partial charge in [-0.25, -0.2) is 0 Å². The highest BCUT2D eigenvalue weighted by Crippen LogP contribution is 2.39. The largest absolute Gasteiger partial charge is 0.0776 e. The van der Waals surface area contributed by atoms with E-state index in [1.807, 2.05) is 13.8 Å². The number of hydrogen-bond acceptors (Lipinski definition) is 0. The molecule has 0 heterocycles. The van der Waals surface area contributed by atoms with Gasteiger partial charge in [-0.15, -0.1) is 0 Å². The summed E-state index contributed by atoms with van der Waals surface area (Å²) in [6, 6.07) is 0. The van der Waals surface area contributed by atoms with Gasteiger partial charge in [-0.1, -0.05) is 104 Å². The second kappa shape index (κ2) is 14.2. The van der Waals surface area contributed by atoms with Gasteiger partial charge >= 0.3 is 0 Å². The molecule has 0 rings (SSSR count). The monoisotopic (exact) mass is 342 g/mol. The van der Waals surface area contributed by atoms with Crippen LogP contribution in [-0.4, -0.2) is 0 Å². The molecule has 8 atom stereocenters. The summed E-state index contributed by atoms with van der Waals surface area (Å²) >= 11 is 0. The first-order valence-corrected chi connectivity index (χ1v) is 10.6. The van der Waals surface area contributed by atoms with E-state index < -0.39 is 0 Å². The highest BCUT2D eigenvalue weighted by molar-refractivity contribution is 4.81. The first kappa shape index (κ1) is 28.8. The Labute approximate surface area is 157 Å². The van der Waals surface area contributed by atoms with Gasteiger partial charge in [0.25, 0.3) is 0 Å². The third kappa shape index (κ3) is 8.39. The fourth-order valence-corrected chi connectivity index (χ4v) is 3.89. The normalized spacial score (nSPS) is 21.2. The molecule has 0 aromatic heterocycles. The number of hydrogen-bond donors (Lipinski definition) is 0. The van der Waals surface area contributed by atoms with E-state index in [0.29, 0.717) is 0 Å². The van der Waals surface area contributed by atoms with E-state index in [-0.39, 0.29) is 7.43 Å². The van der Waals surface area contributed by atoms with Crippen LogP contribution in [0.25, 0.3) is 0 Å². The molecule has 0 amide bonds. The quantitative estimate of drug-likeness (QED) is 0.392. The standard InChI is InChI=1S/C21H44.C2H6.CH4/c1-12-14(4)16(6)18(8)20(10)21(11)19(9)17(7)15(5)13(2)3;1-2;/h13-21H,12H2,1-11H3;1-2H3;1H4.